The van der Waals surface area contributed by atoms with Crippen LogP contribution in [-0.4, -0.2) is 85.9 Å². The van der Waals surface area contributed by atoms with Crippen molar-refractivity contribution in [3.8, 4) is 11.4 Å². The van der Waals surface area contributed by atoms with Gasteiger partial charge in [-0.05, 0) is 87.1 Å². The Bertz CT molecular complexity index is 2750. The van der Waals surface area contributed by atoms with E-state index in [4.69, 9.17) is 9.97 Å². The number of nitrogens with zero attached hydrogens (tertiary/aromatic N) is 15. The van der Waals surface area contributed by atoms with Crippen LogP contribution in [0, 0.1) is 31.4 Å². The third-order valence-electron chi connectivity index (χ3n) is 10.5. The van der Waals surface area contributed by atoms with Gasteiger partial charge in [-0.1, -0.05) is 0 Å². The number of rotatable bonds is 7. The number of aromatic nitrogens is 12. The molecule has 15 nitrogen and oxygen atoms in total. The second-order valence-corrected chi connectivity index (χ2v) is 14.7. The monoisotopic (exact) mass is 787 g/mol. The summed E-state index contributed by atoms with van der Waals surface area (Å²) in [6.45, 7) is 5.44. The van der Waals surface area contributed by atoms with Gasteiger partial charge in [-0.15, -0.1) is 0 Å². The van der Waals surface area contributed by atoms with Crippen LogP contribution in [0.2, 0.25) is 0 Å². The van der Waals surface area contributed by atoms with Crippen molar-refractivity contribution in [3.05, 3.63) is 126 Å². The lowest BCUT2D eigenvalue weighted by Gasteiger charge is -2.26. The number of pyridine rings is 2. The van der Waals surface area contributed by atoms with E-state index in [9.17, 15) is 13.2 Å². The molecule has 2 fully saturated rings. The molecule has 10 heterocycles. The van der Waals surface area contributed by atoms with E-state index in [0.29, 0.717) is 35.8 Å². The van der Waals surface area contributed by atoms with Crippen LogP contribution in [0.5, 0.6) is 0 Å². The second-order valence-electron chi connectivity index (χ2n) is 14.7. The van der Waals surface area contributed by atoms with E-state index in [2.05, 4.69) is 35.3 Å². The largest absolute Gasteiger partial charge is 0.363 e. The molecular formula is C40H40F3N15. The number of anilines is 3. The van der Waals surface area contributed by atoms with Crippen molar-refractivity contribution in [3.63, 3.8) is 0 Å². The quantitative estimate of drug-likeness (QED) is 0.166. The summed E-state index contributed by atoms with van der Waals surface area (Å²) in [5, 5.41) is 17.4. The fourth-order valence-electron chi connectivity index (χ4n) is 7.67. The zero-order valence-corrected chi connectivity index (χ0v) is 32.3. The number of hydrogen-bond acceptors (Lipinski definition) is 11. The van der Waals surface area contributed by atoms with Crippen molar-refractivity contribution in [1.29, 1.82) is 0 Å². The Morgan fingerprint density at radius 1 is 0.586 bits per heavy atom. The van der Waals surface area contributed by atoms with Crippen molar-refractivity contribution >= 4 is 28.7 Å². The zero-order chi connectivity index (χ0) is 40.1. The van der Waals surface area contributed by atoms with E-state index in [0.717, 1.165) is 72.1 Å². The molecule has 0 spiro atoms. The van der Waals surface area contributed by atoms with Gasteiger partial charge in [0, 0.05) is 52.0 Å². The van der Waals surface area contributed by atoms with Gasteiger partial charge in [-0.25, -0.2) is 47.1 Å². The third-order valence-corrected chi connectivity index (χ3v) is 10.5. The van der Waals surface area contributed by atoms with Crippen LogP contribution in [0.25, 0.3) is 22.7 Å². The van der Waals surface area contributed by atoms with E-state index >= 15 is 0 Å². The Balaban J connectivity index is 0.000000151. The number of aryl methyl sites for hydroxylation is 2. The molecule has 0 bridgehead atoms. The lowest BCUT2D eigenvalue weighted by Crippen LogP contribution is -2.26. The minimum absolute atomic E-state index is 0.121. The predicted octanol–water partition coefficient (Wildman–Crippen LogP) is 6.40. The van der Waals surface area contributed by atoms with Gasteiger partial charge in [-0.3, -0.25) is 0 Å². The molecule has 0 N–H and O–H groups in total. The third kappa shape index (κ3) is 6.83. The van der Waals surface area contributed by atoms with Gasteiger partial charge < -0.3 is 14.7 Å². The lowest BCUT2D eigenvalue weighted by molar-refractivity contribution is 0.518. The van der Waals surface area contributed by atoms with Gasteiger partial charge in [0.15, 0.2) is 11.3 Å². The molecular weight excluding hydrogens is 748 g/mol. The molecule has 8 aromatic rings. The predicted molar refractivity (Wildman–Crippen MR) is 211 cm³/mol. The number of halogens is 3. The summed E-state index contributed by atoms with van der Waals surface area (Å²) < 4.78 is 49.5. The molecule has 58 heavy (non-hydrogen) atoms. The smallest absolute Gasteiger partial charge is 0.213 e. The molecule has 2 atom stereocenters. The van der Waals surface area contributed by atoms with Gasteiger partial charge in [-0.2, -0.15) is 24.8 Å². The van der Waals surface area contributed by atoms with Gasteiger partial charge in [0.2, 0.25) is 5.95 Å². The first kappa shape index (κ1) is 36.8. The van der Waals surface area contributed by atoms with Crippen LogP contribution in [-0.2, 0) is 0 Å². The number of hydrogen-bond donors (Lipinski definition) is 0. The molecule has 0 radical (unpaired) electrons. The summed E-state index contributed by atoms with van der Waals surface area (Å²) in [6, 6.07) is 8.60. The summed E-state index contributed by atoms with van der Waals surface area (Å²) in [4.78, 5) is 24.0. The number of fused-ring (bicyclic) bond motifs is 2. The Labute approximate surface area is 331 Å². The SMILES string of the molecule is Cc1cnn(-c2cnn3ccc(N4CCC[C@@H]4c4nc(F)ccc4F)nc23)c1.Cc1cnn(-c2cnn3ccc(N4CCC[C@@H]4c4nc(N(C)C)ccc4F)nc23)c1. The fraction of sp³-hybridized carbons (Fsp3) is 0.300. The molecule has 10 rings (SSSR count). The maximum absolute atomic E-state index is 14.7. The van der Waals surface area contributed by atoms with Crippen LogP contribution in [0.3, 0.4) is 0 Å². The molecule has 8 aromatic heterocycles. The Hall–Kier alpha value is -6.85. The molecule has 0 amide bonds. The molecule has 0 aromatic carbocycles. The first-order chi connectivity index (χ1) is 28.1. The Kier molecular flexibility index (Phi) is 9.45. The summed E-state index contributed by atoms with van der Waals surface area (Å²) in [5.74, 6) is 0.734. The summed E-state index contributed by atoms with van der Waals surface area (Å²) in [7, 11) is 3.81. The standard InChI is InChI=1S/C21H23FN8.C19H17F2N7/c1-14-11-23-30(13-14)17-12-24-29-10-8-19(26-21(17)29)28-9-4-5-16(28)20-15(22)6-7-18(25-20)27(2)3;1-12-9-22-28(11-12)15-10-23-27-8-6-17(25-19(15)27)26-7-2-3-14(26)18-13(20)4-5-16(21)24-18/h6-8,10-13,16H,4-5,9H2,1-3H3;4-6,8-11,14H,2-3,7H2,1H3/t16-;14-/m11/s1. The molecule has 18 heteroatoms. The normalized spacial score (nSPS) is 16.7. The Morgan fingerprint density at radius 3 is 1.57 bits per heavy atom. The van der Waals surface area contributed by atoms with Crippen molar-refractivity contribution in [2.75, 3.05) is 41.9 Å². The second kappa shape index (κ2) is 14.9. The lowest BCUT2D eigenvalue weighted by atomic mass is 10.1. The fourth-order valence-corrected chi connectivity index (χ4v) is 7.67. The summed E-state index contributed by atoms with van der Waals surface area (Å²) in [6.07, 6.45) is 17.9. The van der Waals surface area contributed by atoms with Gasteiger partial charge >= 0.3 is 0 Å². The minimum atomic E-state index is -0.682. The van der Waals surface area contributed by atoms with Crippen LogP contribution in [0.15, 0.2) is 86.0 Å². The van der Waals surface area contributed by atoms with Gasteiger partial charge in [0.25, 0.3) is 0 Å². The topological polar surface area (TPSA) is 132 Å². The van der Waals surface area contributed by atoms with E-state index in [1.54, 1.807) is 49.2 Å². The maximum Gasteiger partial charge on any atom is 0.213 e. The first-order valence-corrected chi connectivity index (χ1v) is 19.0. The summed E-state index contributed by atoms with van der Waals surface area (Å²) >= 11 is 0. The van der Waals surface area contributed by atoms with Crippen LogP contribution >= 0.6 is 0 Å². The minimum Gasteiger partial charge on any atom is -0.363 e. The molecule has 2 saturated heterocycles. The van der Waals surface area contributed by atoms with Crippen LogP contribution in [0.4, 0.5) is 30.6 Å². The maximum atomic E-state index is 14.7. The van der Waals surface area contributed by atoms with Gasteiger partial charge in [0.05, 0.1) is 36.9 Å². The van der Waals surface area contributed by atoms with Gasteiger partial charge in [0.1, 0.15) is 51.9 Å². The molecule has 0 aliphatic carbocycles. The van der Waals surface area contributed by atoms with E-state index in [1.807, 2.05) is 74.7 Å². The highest BCUT2D eigenvalue weighted by atomic mass is 19.1. The highest BCUT2D eigenvalue weighted by Gasteiger charge is 2.33. The molecule has 0 saturated carbocycles. The molecule has 2 aliphatic rings. The van der Waals surface area contributed by atoms with E-state index in [1.165, 1.54) is 6.07 Å². The summed E-state index contributed by atoms with van der Waals surface area (Å²) in [5.41, 5.74) is 5.58. The van der Waals surface area contributed by atoms with Crippen molar-refractivity contribution < 1.29 is 13.2 Å². The first-order valence-electron chi connectivity index (χ1n) is 19.0. The van der Waals surface area contributed by atoms with Crippen molar-refractivity contribution in [2.45, 2.75) is 51.6 Å². The van der Waals surface area contributed by atoms with Crippen LogP contribution in [0.1, 0.15) is 60.3 Å². The van der Waals surface area contributed by atoms with Crippen molar-refractivity contribution in [1.82, 2.24) is 58.7 Å². The molecule has 2 aliphatic heterocycles. The van der Waals surface area contributed by atoms with Crippen molar-refractivity contribution in [2.24, 2.45) is 0 Å². The zero-order valence-electron chi connectivity index (χ0n) is 32.3. The molecule has 0 unspecified atom stereocenters. The highest BCUT2D eigenvalue weighted by Crippen LogP contribution is 2.38. The molecule has 296 valence electrons. The Morgan fingerprint density at radius 2 is 1.09 bits per heavy atom. The van der Waals surface area contributed by atoms with E-state index in [-0.39, 0.29) is 23.6 Å². The van der Waals surface area contributed by atoms with E-state index < -0.39 is 11.8 Å². The average molecular weight is 788 g/mol. The van der Waals surface area contributed by atoms with Crippen LogP contribution < -0.4 is 14.7 Å². The average Bonchev–Trinajstić information content (AvgIpc) is 4.08. The highest BCUT2D eigenvalue weighted by molar-refractivity contribution is 5.62.